The summed E-state index contributed by atoms with van der Waals surface area (Å²) in [6.45, 7) is 1.25. The molecule has 0 unspecified atom stereocenters. The number of carbonyl (C=O) groups is 3. The van der Waals surface area contributed by atoms with E-state index in [2.05, 4.69) is 10.1 Å². The van der Waals surface area contributed by atoms with Crippen LogP contribution in [-0.2, 0) is 14.3 Å². The number of primary amides is 1. The molecule has 2 N–H and O–H groups in total. The molecule has 0 spiro atoms. The van der Waals surface area contributed by atoms with E-state index in [1.165, 1.54) is 16.2 Å². The lowest BCUT2D eigenvalue weighted by Gasteiger charge is -2.22. The lowest BCUT2D eigenvalue weighted by molar-refractivity contribution is -0.121. The van der Waals surface area contributed by atoms with Crippen molar-refractivity contribution in [1.29, 1.82) is 0 Å². The molecule has 0 radical (unpaired) electrons. The average Bonchev–Trinajstić information content (AvgIpc) is 3.48. The molecule has 0 saturated heterocycles. The monoisotopic (exact) mass is 464 g/mol. The number of carbonyl (C=O) groups excluding carboxylic acids is 3. The zero-order chi connectivity index (χ0) is 23.4. The molecular weight excluding hydrogens is 444 g/mol. The fourth-order valence-corrected chi connectivity index (χ4v) is 4.00. The molecule has 0 bridgehead atoms. The average molecular weight is 465 g/mol. The fourth-order valence-electron chi connectivity index (χ4n) is 3.32. The van der Waals surface area contributed by atoms with Crippen LogP contribution in [0.15, 0.2) is 58.4 Å². The summed E-state index contributed by atoms with van der Waals surface area (Å²) in [5.41, 5.74) is 7.26. The maximum atomic E-state index is 13.0. The summed E-state index contributed by atoms with van der Waals surface area (Å²) in [7, 11) is 0. The van der Waals surface area contributed by atoms with Gasteiger partial charge in [0, 0.05) is 18.7 Å². The van der Waals surface area contributed by atoms with Gasteiger partial charge in [-0.15, -0.1) is 11.3 Å². The number of amides is 2. The number of pyridine rings is 1. The van der Waals surface area contributed by atoms with Crippen LogP contribution in [0.2, 0.25) is 0 Å². The summed E-state index contributed by atoms with van der Waals surface area (Å²) in [6.07, 6.45) is -0.0242. The molecule has 4 aromatic rings. The predicted octanol–water partition coefficient (Wildman–Crippen LogP) is 3.33. The number of anilines is 1. The van der Waals surface area contributed by atoms with Gasteiger partial charge in [-0.1, -0.05) is 29.4 Å². The highest BCUT2D eigenvalue weighted by molar-refractivity contribution is 7.13. The first-order chi connectivity index (χ1) is 15.9. The number of ether oxygens (including phenoxy) is 1. The molecule has 4 rings (SSSR count). The van der Waals surface area contributed by atoms with Crippen LogP contribution in [0, 0.1) is 6.92 Å². The van der Waals surface area contributed by atoms with Crippen molar-refractivity contribution in [2.24, 2.45) is 5.73 Å². The van der Waals surface area contributed by atoms with Crippen molar-refractivity contribution in [3.63, 3.8) is 0 Å². The van der Waals surface area contributed by atoms with E-state index in [0.717, 1.165) is 4.88 Å². The number of rotatable bonds is 8. The molecule has 0 aliphatic rings. The lowest BCUT2D eigenvalue weighted by atomic mass is 10.1. The van der Waals surface area contributed by atoms with E-state index in [-0.39, 0.29) is 24.2 Å². The van der Waals surface area contributed by atoms with E-state index in [1.54, 1.807) is 43.3 Å². The number of esters is 1. The van der Waals surface area contributed by atoms with Crippen LogP contribution < -0.4 is 10.6 Å². The van der Waals surface area contributed by atoms with E-state index < -0.39 is 24.4 Å². The Morgan fingerprint density at radius 1 is 1.15 bits per heavy atom. The molecule has 3 heterocycles. The molecule has 3 aromatic heterocycles. The second kappa shape index (κ2) is 9.61. The Kier molecular flexibility index (Phi) is 6.45. The van der Waals surface area contributed by atoms with Gasteiger partial charge >= 0.3 is 5.97 Å². The standard InChI is InChI=1S/C23H20N4O5S/c1-14-21-16(12-17(18-8-5-11-33-18)25-22(21)32-26-14)23(30)31-13-20(29)27(10-9-19(24)28)15-6-3-2-4-7-15/h2-8,11-12H,9-10,13H2,1H3,(H2,24,28). The summed E-state index contributed by atoms with van der Waals surface area (Å²) in [5, 5.41) is 6.23. The third-order valence-electron chi connectivity index (χ3n) is 4.89. The number of thiophene rings is 1. The molecule has 33 heavy (non-hydrogen) atoms. The van der Waals surface area contributed by atoms with Crippen molar-refractivity contribution in [2.75, 3.05) is 18.1 Å². The third kappa shape index (κ3) is 4.90. The number of fused-ring (bicyclic) bond motifs is 1. The van der Waals surface area contributed by atoms with E-state index in [4.69, 9.17) is 15.0 Å². The molecular formula is C23H20N4O5S. The Bertz CT molecular complexity index is 1300. The predicted molar refractivity (Wildman–Crippen MR) is 123 cm³/mol. The summed E-state index contributed by atoms with van der Waals surface area (Å²) in [4.78, 5) is 43.8. The van der Waals surface area contributed by atoms with Gasteiger partial charge in [0.05, 0.1) is 27.2 Å². The molecule has 0 fully saturated rings. The van der Waals surface area contributed by atoms with Crippen molar-refractivity contribution < 1.29 is 23.6 Å². The van der Waals surface area contributed by atoms with Crippen LogP contribution in [0.1, 0.15) is 22.5 Å². The molecule has 168 valence electrons. The number of hydrogen-bond acceptors (Lipinski definition) is 8. The first-order valence-corrected chi connectivity index (χ1v) is 10.9. The van der Waals surface area contributed by atoms with Gasteiger partial charge in [-0.25, -0.2) is 9.78 Å². The van der Waals surface area contributed by atoms with Crippen molar-refractivity contribution in [2.45, 2.75) is 13.3 Å². The molecule has 1 aromatic carbocycles. The van der Waals surface area contributed by atoms with Crippen LogP contribution in [0.4, 0.5) is 5.69 Å². The fraction of sp³-hybridized carbons (Fsp3) is 0.174. The number of aromatic nitrogens is 2. The zero-order valence-corrected chi connectivity index (χ0v) is 18.5. The lowest BCUT2D eigenvalue weighted by Crippen LogP contribution is -2.37. The minimum Gasteiger partial charge on any atom is -0.452 e. The normalized spacial score (nSPS) is 10.8. The maximum absolute atomic E-state index is 13.0. The third-order valence-corrected chi connectivity index (χ3v) is 5.78. The highest BCUT2D eigenvalue weighted by Crippen LogP contribution is 2.29. The van der Waals surface area contributed by atoms with E-state index in [1.807, 2.05) is 17.5 Å². The smallest absolute Gasteiger partial charge is 0.339 e. The van der Waals surface area contributed by atoms with Crippen molar-refractivity contribution in [3.05, 3.63) is 65.2 Å². The summed E-state index contributed by atoms with van der Waals surface area (Å²) < 4.78 is 10.6. The van der Waals surface area contributed by atoms with Gasteiger partial charge < -0.3 is 19.9 Å². The number of aryl methyl sites for hydroxylation is 1. The van der Waals surface area contributed by atoms with Crippen LogP contribution in [0.5, 0.6) is 0 Å². The van der Waals surface area contributed by atoms with Crippen LogP contribution in [0.25, 0.3) is 21.7 Å². The number of benzene rings is 1. The Morgan fingerprint density at radius 2 is 1.94 bits per heavy atom. The quantitative estimate of drug-likeness (QED) is 0.396. The number of nitrogens with zero attached hydrogens (tertiary/aromatic N) is 3. The largest absolute Gasteiger partial charge is 0.452 e. The highest BCUT2D eigenvalue weighted by atomic mass is 32.1. The molecule has 10 heteroatoms. The van der Waals surface area contributed by atoms with Crippen molar-refractivity contribution >= 4 is 45.9 Å². The van der Waals surface area contributed by atoms with E-state index in [0.29, 0.717) is 22.5 Å². The highest BCUT2D eigenvalue weighted by Gasteiger charge is 2.23. The van der Waals surface area contributed by atoms with Crippen molar-refractivity contribution in [1.82, 2.24) is 10.1 Å². The minimum absolute atomic E-state index is 0.0242. The molecule has 0 aliphatic carbocycles. The van der Waals surface area contributed by atoms with Gasteiger partial charge in [0.1, 0.15) is 0 Å². The maximum Gasteiger partial charge on any atom is 0.339 e. The van der Waals surface area contributed by atoms with E-state index >= 15 is 0 Å². The Labute approximate surface area is 192 Å². The van der Waals surface area contributed by atoms with Gasteiger partial charge in [0.25, 0.3) is 11.6 Å². The van der Waals surface area contributed by atoms with Gasteiger partial charge in [-0.3, -0.25) is 9.59 Å². The number of para-hydroxylation sites is 1. The van der Waals surface area contributed by atoms with E-state index in [9.17, 15) is 14.4 Å². The SMILES string of the molecule is Cc1noc2nc(-c3cccs3)cc(C(=O)OCC(=O)N(CCC(N)=O)c3ccccc3)c12. The number of hydrogen-bond donors (Lipinski definition) is 1. The second-order valence-corrected chi connectivity index (χ2v) is 8.10. The van der Waals surface area contributed by atoms with Gasteiger partial charge in [0.15, 0.2) is 6.61 Å². The zero-order valence-electron chi connectivity index (χ0n) is 17.7. The molecule has 0 saturated carbocycles. The molecule has 9 nitrogen and oxygen atoms in total. The Balaban J connectivity index is 1.57. The van der Waals surface area contributed by atoms with Crippen LogP contribution >= 0.6 is 11.3 Å². The van der Waals surface area contributed by atoms with Gasteiger partial charge in [0.2, 0.25) is 5.91 Å². The summed E-state index contributed by atoms with van der Waals surface area (Å²) >= 11 is 1.46. The van der Waals surface area contributed by atoms with Gasteiger partial charge in [-0.2, -0.15) is 0 Å². The first-order valence-electron chi connectivity index (χ1n) is 10.1. The van der Waals surface area contributed by atoms with Crippen molar-refractivity contribution in [3.8, 4) is 10.6 Å². The summed E-state index contributed by atoms with van der Waals surface area (Å²) in [5.74, 6) is -1.73. The number of nitrogens with two attached hydrogens (primary N) is 1. The Morgan fingerprint density at radius 3 is 2.64 bits per heavy atom. The minimum atomic E-state index is -0.706. The Hall–Kier alpha value is -4.05. The first kappa shape index (κ1) is 22.2. The molecule has 2 amide bonds. The molecule has 0 aliphatic heterocycles. The van der Waals surface area contributed by atoms with Crippen LogP contribution in [0.3, 0.4) is 0 Å². The topological polar surface area (TPSA) is 129 Å². The summed E-state index contributed by atoms with van der Waals surface area (Å²) in [6, 6.07) is 14.1. The second-order valence-electron chi connectivity index (χ2n) is 7.15. The van der Waals surface area contributed by atoms with Gasteiger partial charge in [-0.05, 0) is 36.6 Å². The van der Waals surface area contributed by atoms with Crippen LogP contribution in [-0.4, -0.2) is 41.1 Å². The molecule has 0 atom stereocenters.